The standard InChI is InChI=1S/C22H22N2O5/c1-22(2,3)29-19(26)10-5-4-7-14-8-6-9-15-16(14)13-24(21(15)28)17-11-12-18(25)23-20(17)27/h5-6,8-10,17H,11-13H2,1-3H3,(H,23,25,27). The van der Waals surface area contributed by atoms with Gasteiger partial charge in [0, 0.05) is 30.2 Å². The topological polar surface area (TPSA) is 92.8 Å². The quantitative estimate of drug-likeness (QED) is 0.357. The van der Waals surface area contributed by atoms with Crippen molar-refractivity contribution in [3.8, 4) is 11.8 Å². The number of fused-ring (bicyclic) bond motifs is 1. The number of hydrogen-bond donors (Lipinski definition) is 1. The van der Waals surface area contributed by atoms with Gasteiger partial charge in [0.25, 0.3) is 5.91 Å². The van der Waals surface area contributed by atoms with Crippen LogP contribution in [0.4, 0.5) is 0 Å². The molecule has 0 aromatic heterocycles. The van der Waals surface area contributed by atoms with Crippen molar-refractivity contribution in [2.45, 2.75) is 51.8 Å². The van der Waals surface area contributed by atoms with Crippen LogP contribution < -0.4 is 5.32 Å². The number of benzene rings is 1. The van der Waals surface area contributed by atoms with E-state index < -0.39 is 23.5 Å². The van der Waals surface area contributed by atoms with Gasteiger partial charge in [-0.05, 0) is 51.0 Å². The average molecular weight is 394 g/mol. The Morgan fingerprint density at radius 3 is 2.72 bits per heavy atom. The second-order valence-corrected chi connectivity index (χ2v) is 7.87. The van der Waals surface area contributed by atoms with Crippen molar-refractivity contribution in [1.82, 2.24) is 10.2 Å². The van der Waals surface area contributed by atoms with Crippen molar-refractivity contribution >= 4 is 23.7 Å². The molecule has 2 aliphatic rings. The number of ether oxygens (including phenoxy) is 1. The maximum Gasteiger partial charge on any atom is 0.331 e. The Kier molecular flexibility index (Phi) is 5.55. The zero-order chi connectivity index (χ0) is 21.2. The van der Waals surface area contributed by atoms with E-state index in [0.717, 1.165) is 5.56 Å². The Morgan fingerprint density at radius 2 is 2.03 bits per heavy atom. The third-order valence-corrected chi connectivity index (χ3v) is 4.50. The average Bonchev–Trinajstić information content (AvgIpc) is 2.95. The third kappa shape index (κ3) is 4.72. The van der Waals surface area contributed by atoms with Crippen LogP contribution in [0.25, 0.3) is 0 Å². The van der Waals surface area contributed by atoms with E-state index in [-0.39, 0.29) is 24.8 Å². The SMILES string of the molecule is CC(C)(C)OC(=O)C=CC#Cc1cccc2c1CN(C1CCC(=O)NC1=O)C2=O. The van der Waals surface area contributed by atoms with Crippen molar-refractivity contribution in [2.75, 3.05) is 0 Å². The van der Waals surface area contributed by atoms with Crippen LogP contribution in [0.1, 0.15) is 55.1 Å². The zero-order valence-electron chi connectivity index (χ0n) is 16.6. The summed E-state index contributed by atoms with van der Waals surface area (Å²) in [5, 5.41) is 2.28. The molecule has 1 fully saturated rings. The highest BCUT2D eigenvalue weighted by Crippen LogP contribution is 2.29. The van der Waals surface area contributed by atoms with Crippen LogP contribution >= 0.6 is 0 Å². The molecule has 1 atom stereocenters. The highest BCUT2D eigenvalue weighted by atomic mass is 16.6. The molecule has 0 radical (unpaired) electrons. The molecular weight excluding hydrogens is 372 g/mol. The molecule has 2 heterocycles. The number of nitrogens with one attached hydrogen (secondary N) is 1. The van der Waals surface area contributed by atoms with E-state index in [1.807, 2.05) is 0 Å². The summed E-state index contributed by atoms with van der Waals surface area (Å²) < 4.78 is 5.17. The number of imide groups is 1. The fourth-order valence-corrected chi connectivity index (χ4v) is 3.27. The van der Waals surface area contributed by atoms with Crippen molar-refractivity contribution in [3.05, 3.63) is 47.0 Å². The van der Waals surface area contributed by atoms with Gasteiger partial charge in [-0.25, -0.2) is 4.79 Å². The maximum atomic E-state index is 12.8. The summed E-state index contributed by atoms with van der Waals surface area (Å²) in [6.07, 6.45) is 3.17. The first-order valence-electron chi connectivity index (χ1n) is 9.33. The maximum absolute atomic E-state index is 12.8. The molecule has 7 heteroatoms. The normalized spacial score (nSPS) is 18.9. The zero-order valence-corrected chi connectivity index (χ0v) is 16.6. The van der Waals surface area contributed by atoms with Crippen LogP contribution in [-0.4, -0.2) is 40.2 Å². The lowest BCUT2D eigenvalue weighted by Gasteiger charge is -2.29. The molecule has 1 aromatic carbocycles. The minimum absolute atomic E-state index is 0.207. The van der Waals surface area contributed by atoms with Gasteiger partial charge in [-0.1, -0.05) is 17.9 Å². The molecule has 3 amide bonds. The molecular formula is C22H22N2O5. The number of rotatable bonds is 2. The van der Waals surface area contributed by atoms with Crippen molar-refractivity contribution < 1.29 is 23.9 Å². The Balaban J connectivity index is 1.76. The molecule has 3 rings (SSSR count). The van der Waals surface area contributed by atoms with E-state index in [9.17, 15) is 19.2 Å². The van der Waals surface area contributed by atoms with Crippen molar-refractivity contribution in [2.24, 2.45) is 0 Å². The van der Waals surface area contributed by atoms with Crippen LogP contribution in [0.2, 0.25) is 0 Å². The number of carbonyl (C=O) groups excluding carboxylic acids is 4. The van der Waals surface area contributed by atoms with E-state index in [4.69, 9.17) is 4.74 Å². The lowest BCUT2D eigenvalue weighted by Crippen LogP contribution is -2.52. The first-order chi connectivity index (χ1) is 13.7. The predicted octanol–water partition coefficient (Wildman–Crippen LogP) is 1.70. The van der Waals surface area contributed by atoms with E-state index in [2.05, 4.69) is 17.2 Å². The highest BCUT2D eigenvalue weighted by Gasteiger charge is 2.39. The monoisotopic (exact) mass is 394 g/mol. The molecule has 0 aliphatic carbocycles. The lowest BCUT2D eigenvalue weighted by molar-refractivity contribution is -0.148. The molecule has 2 aliphatic heterocycles. The molecule has 0 bridgehead atoms. The molecule has 1 saturated heterocycles. The van der Waals surface area contributed by atoms with Crippen molar-refractivity contribution in [3.63, 3.8) is 0 Å². The molecule has 1 unspecified atom stereocenters. The molecule has 0 saturated carbocycles. The van der Waals surface area contributed by atoms with Crippen LogP contribution in [0, 0.1) is 11.8 Å². The number of hydrogen-bond acceptors (Lipinski definition) is 5. The van der Waals surface area contributed by atoms with Crippen LogP contribution in [-0.2, 0) is 25.7 Å². The van der Waals surface area contributed by atoms with Crippen molar-refractivity contribution in [1.29, 1.82) is 0 Å². The molecule has 150 valence electrons. The Hall–Kier alpha value is -3.40. The molecule has 29 heavy (non-hydrogen) atoms. The van der Waals surface area contributed by atoms with Gasteiger partial charge in [0.2, 0.25) is 11.8 Å². The van der Waals surface area contributed by atoms with Gasteiger partial charge in [-0.15, -0.1) is 0 Å². The molecule has 7 nitrogen and oxygen atoms in total. The smallest absolute Gasteiger partial charge is 0.331 e. The summed E-state index contributed by atoms with van der Waals surface area (Å²) in [5.74, 6) is 4.23. The summed E-state index contributed by atoms with van der Waals surface area (Å²) in [7, 11) is 0. The first kappa shape index (κ1) is 20.3. The number of piperidine rings is 1. The Bertz CT molecular complexity index is 975. The van der Waals surface area contributed by atoms with Crippen LogP contribution in [0.3, 0.4) is 0 Å². The van der Waals surface area contributed by atoms with Gasteiger partial charge in [0.1, 0.15) is 11.6 Å². The summed E-state index contributed by atoms with van der Waals surface area (Å²) in [5.41, 5.74) is 1.31. The second-order valence-electron chi connectivity index (χ2n) is 7.87. The predicted molar refractivity (Wildman–Crippen MR) is 104 cm³/mol. The minimum Gasteiger partial charge on any atom is -0.457 e. The van der Waals surface area contributed by atoms with E-state index in [1.165, 1.54) is 17.1 Å². The Labute approximate surface area is 169 Å². The first-order valence-corrected chi connectivity index (χ1v) is 9.33. The highest BCUT2D eigenvalue weighted by molar-refractivity contribution is 6.05. The van der Waals surface area contributed by atoms with Gasteiger partial charge < -0.3 is 9.64 Å². The van der Waals surface area contributed by atoms with Gasteiger partial charge in [0.05, 0.1) is 0 Å². The van der Waals surface area contributed by atoms with Gasteiger partial charge in [0.15, 0.2) is 0 Å². The van der Waals surface area contributed by atoms with Gasteiger partial charge >= 0.3 is 5.97 Å². The summed E-state index contributed by atoms with van der Waals surface area (Å²) >= 11 is 0. The van der Waals surface area contributed by atoms with Gasteiger partial charge in [-0.2, -0.15) is 0 Å². The number of allylic oxidation sites excluding steroid dienone is 1. The fourth-order valence-electron chi connectivity index (χ4n) is 3.27. The summed E-state index contributed by atoms with van der Waals surface area (Å²) in [6, 6.07) is 4.55. The molecule has 1 aromatic rings. The minimum atomic E-state index is -0.666. The number of esters is 1. The van der Waals surface area contributed by atoms with Crippen LogP contribution in [0.15, 0.2) is 30.4 Å². The molecule has 1 N–H and O–H groups in total. The number of amides is 3. The number of carbonyl (C=O) groups is 4. The lowest BCUT2D eigenvalue weighted by atomic mass is 10.0. The summed E-state index contributed by atoms with van der Waals surface area (Å²) in [6.45, 7) is 5.59. The number of nitrogens with zero attached hydrogens (tertiary/aromatic N) is 1. The van der Waals surface area contributed by atoms with E-state index in [1.54, 1.807) is 39.0 Å². The third-order valence-electron chi connectivity index (χ3n) is 4.50. The summed E-state index contributed by atoms with van der Waals surface area (Å²) in [4.78, 5) is 49.4. The molecule has 0 spiro atoms. The Morgan fingerprint density at radius 1 is 1.28 bits per heavy atom. The van der Waals surface area contributed by atoms with Crippen LogP contribution in [0.5, 0.6) is 0 Å². The largest absolute Gasteiger partial charge is 0.457 e. The van der Waals surface area contributed by atoms with E-state index in [0.29, 0.717) is 17.5 Å². The van der Waals surface area contributed by atoms with Gasteiger partial charge in [-0.3, -0.25) is 19.7 Å². The van der Waals surface area contributed by atoms with E-state index >= 15 is 0 Å². The fraction of sp³-hybridized carbons (Fsp3) is 0.364. The second kappa shape index (κ2) is 7.92.